The van der Waals surface area contributed by atoms with Crippen molar-refractivity contribution < 1.29 is 17.9 Å². The van der Waals surface area contributed by atoms with Crippen molar-refractivity contribution in [1.29, 1.82) is 0 Å². The van der Waals surface area contributed by atoms with Gasteiger partial charge < -0.3 is 10.1 Å². The highest BCUT2D eigenvalue weighted by atomic mass is 32.2. The lowest BCUT2D eigenvalue weighted by Crippen LogP contribution is -2.58. The number of carbonyl (C=O) groups is 1. The Hall–Kier alpha value is -0.660. The maximum Gasteiger partial charge on any atom is 0.327 e. The van der Waals surface area contributed by atoms with Crippen LogP contribution < -0.4 is 5.32 Å². The first kappa shape index (κ1) is 15.4. The van der Waals surface area contributed by atoms with Gasteiger partial charge in [-0.3, -0.25) is 9.69 Å². The Morgan fingerprint density at radius 1 is 1.39 bits per heavy atom. The van der Waals surface area contributed by atoms with Gasteiger partial charge in [-0.1, -0.05) is 0 Å². The largest absolute Gasteiger partial charge is 0.465 e. The zero-order chi connectivity index (χ0) is 13.8. The summed E-state index contributed by atoms with van der Waals surface area (Å²) in [4.78, 5) is 13.8. The van der Waals surface area contributed by atoms with Crippen LogP contribution in [-0.2, 0) is 19.4 Å². The van der Waals surface area contributed by atoms with Crippen LogP contribution in [0.25, 0.3) is 0 Å². The number of nitrogens with one attached hydrogen (secondary N) is 1. The van der Waals surface area contributed by atoms with Crippen LogP contribution in [0.3, 0.4) is 0 Å². The Kier molecular flexibility index (Phi) is 5.12. The lowest BCUT2D eigenvalue weighted by molar-refractivity contribution is -0.151. The molecule has 1 saturated heterocycles. The quantitative estimate of drug-likeness (QED) is 0.668. The standard InChI is InChI=1S/C11H22N2O4S/c1-4-17-10(14)11(2,12-3)9-13-5-7-18(15,16)8-6-13/h12H,4-9H2,1-3H3. The van der Waals surface area contributed by atoms with Gasteiger partial charge in [0.05, 0.1) is 18.1 Å². The lowest BCUT2D eigenvalue weighted by atomic mass is 10.0. The van der Waals surface area contributed by atoms with Crippen molar-refractivity contribution in [1.82, 2.24) is 10.2 Å². The molecule has 1 heterocycles. The van der Waals surface area contributed by atoms with E-state index < -0.39 is 15.4 Å². The van der Waals surface area contributed by atoms with Crippen molar-refractivity contribution in [2.45, 2.75) is 19.4 Å². The zero-order valence-corrected chi connectivity index (χ0v) is 12.0. The van der Waals surface area contributed by atoms with E-state index in [4.69, 9.17) is 4.74 Å². The third-order valence-corrected chi connectivity index (χ3v) is 4.86. The van der Waals surface area contributed by atoms with E-state index in [9.17, 15) is 13.2 Å². The van der Waals surface area contributed by atoms with E-state index in [0.29, 0.717) is 26.2 Å². The molecule has 0 aromatic rings. The molecule has 106 valence electrons. The van der Waals surface area contributed by atoms with Crippen LogP contribution >= 0.6 is 0 Å². The molecule has 0 radical (unpaired) electrons. The average molecular weight is 278 g/mol. The third-order valence-electron chi connectivity index (χ3n) is 3.25. The summed E-state index contributed by atoms with van der Waals surface area (Å²) < 4.78 is 27.7. The molecular weight excluding hydrogens is 256 g/mol. The van der Waals surface area contributed by atoms with Crippen molar-refractivity contribution >= 4 is 15.8 Å². The molecule has 1 aliphatic heterocycles. The molecule has 1 fully saturated rings. The second-order valence-electron chi connectivity index (χ2n) is 4.73. The molecule has 0 saturated carbocycles. The number of rotatable bonds is 5. The highest BCUT2D eigenvalue weighted by Crippen LogP contribution is 2.12. The fourth-order valence-electron chi connectivity index (χ4n) is 1.89. The van der Waals surface area contributed by atoms with Gasteiger partial charge in [-0.2, -0.15) is 0 Å². The number of sulfone groups is 1. The van der Waals surface area contributed by atoms with Crippen molar-refractivity contribution in [3.63, 3.8) is 0 Å². The molecule has 1 N–H and O–H groups in total. The molecule has 6 nitrogen and oxygen atoms in total. The molecule has 1 atom stereocenters. The number of nitrogens with zero attached hydrogens (tertiary/aromatic N) is 1. The predicted molar refractivity (Wildman–Crippen MR) is 69.2 cm³/mol. The SMILES string of the molecule is CCOC(=O)C(C)(CN1CCS(=O)(=O)CC1)NC. The number of ether oxygens (including phenoxy) is 1. The molecule has 0 bridgehead atoms. The van der Waals surface area contributed by atoms with E-state index in [1.165, 1.54) is 0 Å². The Bertz CT molecular complexity index is 382. The molecule has 0 spiro atoms. The Balaban J connectivity index is 2.61. The van der Waals surface area contributed by atoms with Crippen LogP contribution in [0.4, 0.5) is 0 Å². The summed E-state index contributed by atoms with van der Waals surface area (Å²) in [5.41, 5.74) is -0.795. The van der Waals surface area contributed by atoms with Crippen LogP contribution in [0.5, 0.6) is 0 Å². The third kappa shape index (κ3) is 3.93. The Labute approximate surface area is 109 Å². The minimum Gasteiger partial charge on any atom is -0.465 e. The summed E-state index contributed by atoms with van der Waals surface area (Å²) in [5, 5.41) is 2.97. The minimum absolute atomic E-state index is 0.162. The molecule has 0 aromatic heterocycles. The van der Waals surface area contributed by atoms with Crippen LogP contribution in [0, 0.1) is 0 Å². The van der Waals surface area contributed by atoms with Crippen LogP contribution in [0.15, 0.2) is 0 Å². The summed E-state index contributed by atoms with van der Waals surface area (Å²) in [6.45, 7) is 5.27. The first-order chi connectivity index (χ1) is 8.33. The summed E-state index contributed by atoms with van der Waals surface area (Å²) in [7, 11) is -1.18. The van der Waals surface area contributed by atoms with E-state index in [1.807, 2.05) is 4.90 Å². The number of hydrogen-bond acceptors (Lipinski definition) is 6. The van der Waals surface area contributed by atoms with E-state index >= 15 is 0 Å². The average Bonchev–Trinajstić information content (AvgIpc) is 2.32. The maximum absolute atomic E-state index is 11.9. The van der Waals surface area contributed by atoms with Gasteiger partial charge in [0.1, 0.15) is 5.54 Å². The van der Waals surface area contributed by atoms with E-state index in [0.717, 1.165) is 0 Å². The van der Waals surface area contributed by atoms with Crippen molar-refractivity contribution in [2.24, 2.45) is 0 Å². The van der Waals surface area contributed by atoms with Gasteiger partial charge in [0, 0.05) is 19.6 Å². The molecule has 0 amide bonds. The first-order valence-corrected chi connectivity index (χ1v) is 7.94. The first-order valence-electron chi connectivity index (χ1n) is 6.12. The minimum atomic E-state index is -2.89. The summed E-state index contributed by atoms with van der Waals surface area (Å²) in [6, 6.07) is 0. The fourth-order valence-corrected chi connectivity index (χ4v) is 3.17. The molecule has 0 aliphatic carbocycles. The van der Waals surface area contributed by atoms with Crippen molar-refractivity contribution in [2.75, 3.05) is 44.8 Å². The Morgan fingerprint density at radius 3 is 2.39 bits per heavy atom. The summed E-state index contributed by atoms with van der Waals surface area (Å²) in [5.74, 6) is 0.0199. The van der Waals surface area contributed by atoms with Crippen molar-refractivity contribution in [3.8, 4) is 0 Å². The Morgan fingerprint density at radius 2 is 1.94 bits per heavy atom. The van der Waals surface area contributed by atoms with Crippen LogP contribution in [-0.4, -0.2) is 69.6 Å². The molecule has 18 heavy (non-hydrogen) atoms. The monoisotopic (exact) mass is 278 g/mol. The van der Waals surface area contributed by atoms with Crippen molar-refractivity contribution in [3.05, 3.63) is 0 Å². The summed E-state index contributed by atoms with van der Waals surface area (Å²) in [6.07, 6.45) is 0. The molecule has 0 aromatic carbocycles. The predicted octanol–water partition coefficient (Wildman–Crippen LogP) is -0.742. The van der Waals surface area contributed by atoms with Crippen LogP contribution in [0.1, 0.15) is 13.8 Å². The molecule has 1 unspecified atom stereocenters. The smallest absolute Gasteiger partial charge is 0.327 e. The zero-order valence-electron chi connectivity index (χ0n) is 11.2. The number of carbonyl (C=O) groups excluding carboxylic acids is 1. The van der Waals surface area contributed by atoms with Gasteiger partial charge >= 0.3 is 5.97 Å². The topological polar surface area (TPSA) is 75.7 Å². The van der Waals surface area contributed by atoms with Gasteiger partial charge in [-0.25, -0.2) is 8.42 Å². The maximum atomic E-state index is 11.9. The number of esters is 1. The molecule has 1 rings (SSSR count). The van der Waals surface area contributed by atoms with Gasteiger partial charge in [0.25, 0.3) is 0 Å². The second kappa shape index (κ2) is 5.99. The molecule has 7 heteroatoms. The van der Waals surface area contributed by atoms with E-state index in [1.54, 1.807) is 20.9 Å². The van der Waals surface area contributed by atoms with E-state index in [-0.39, 0.29) is 17.5 Å². The highest BCUT2D eigenvalue weighted by Gasteiger charge is 2.36. The van der Waals surface area contributed by atoms with Gasteiger partial charge in [0.2, 0.25) is 0 Å². The second-order valence-corrected chi connectivity index (χ2v) is 7.03. The van der Waals surface area contributed by atoms with Crippen LogP contribution in [0.2, 0.25) is 0 Å². The fraction of sp³-hybridized carbons (Fsp3) is 0.909. The number of hydrogen-bond donors (Lipinski definition) is 1. The van der Waals surface area contributed by atoms with Gasteiger partial charge in [-0.05, 0) is 20.9 Å². The van der Waals surface area contributed by atoms with E-state index in [2.05, 4.69) is 5.32 Å². The highest BCUT2D eigenvalue weighted by molar-refractivity contribution is 7.91. The lowest BCUT2D eigenvalue weighted by Gasteiger charge is -2.35. The molecular formula is C11H22N2O4S. The molecule has 1 aliphatic rings. The van der Waals surface area contributed by atoms with Gasteiger partial charge in [-0.15, -0.1) is 0 Å². The summed E-state index contributed by atoms with van der Waals surface area (Å²) >= 11 is 0. The van der Waals surface area contributed by atoms with Gasteiger partial charge in [0.15, 0.2) is 9.84 Å². The normalized spacial score (nSPS) is 23.3. The number of likely N-dealkylation sites (N-methyl/N-ethyl adjacent to an activating group) is 1.